The Morgan fingerprint density at radius 1 is 1.27 bits per heavy atom. The van der Waals surface area contributed by atoms with Crippen LogP contribution in [0.2, 0.25) is 0 Å². The van der Waals surface area contributed by atoms with Crippen LogP contribution in [0.5, 0.6) is 0 Å². The number of aliphatic carboxylic acids is 1. The zero-order valence-corrected chi connectivity index (χ0v) is 8.44. The first-order chi connectivity index (χ1) is 6.96. The highest BCUT2D eigenvalue weighted by Crippen LogP contribution is 2.13. The van der Waals surface area contributed by atoms with E-state index in [1.807, 2.05) is 0 Å². The van der Waals surface area contributed by atoms with Crippen molar-refractivity contribution in [2.24, 2.45) is 17.2 Å². The monoisotopic (exact) mass is 219 g/mol. The summed E-state index contributed by atoms with van der Waals surface area (Å²) < 4.78 is 4.70. The first kappa shape index (κ1) is 13.8. The van der Waals surface area contributed by atoms with Crippen molar-refractivity contribution >= 4 is 11.9 Å². The summed E-state index contributed by atoms with van der Waals surface area (Å²) >= 11 is 0. The van der Waals surface area contributed by atoms with Crippen LogP contribution in [0.15, 0.2) is 0 Å². The Bertz CT molecular complexity index is 234. The second-order valence-electron chi connectivity index (χ2n) is 3.19. The normalized spacial score (nSPS) is 14.3. The molecule has 0 saturated heterocycles. The lowest BCUT2D eigenvalue weighted by Crippen LogP contribution is -2.52. The Morgan fingerprint density at radius 3 is 2.27 bits per heavy atom. The topological polar surface area (TPSA) is 142 Å². The molecule has 0 aromatic heterocycles. The standard InChI is InChI=1S/C8H17N3O4/c9-2-1-8(11,5-6(12)13)7(14)15-4-3-10/h1-5,9-11H2,(H,12,13). The third-order valence-electron chi connectivity index (χ3n) is 1.81. The Labute approximate surface area is 87.5 Å². The lowest BCUT2D eigenvalue weighted by atomic mass is 9.92. The van der Waals surface area contributed by atoms with Crippen molar-refractivity contribution in [3.8, 4) is 0 Å². The fourth-order valence-corrected chi connectivity index (χ4v) is 1.09. The Morgan fingerprint density at radius 2 is 1.87 bits per heavy atom. The second-order valence-corrected chi connectivity index (χ2v) is 3.19. The van der Waals surface area contributed by atoms with Crippen molar-refractivity contribution < 1.29 is 19.4 Å². The van der Waals surface area contributed by atoms with Gasteiger partial charge in [0.1, 0.15) is 12.1 Å². The van der Waals surface area contributed by atoms with Crippen LogP contribution < -0.4 is 17.2 Å². The molecule has 0 aliphatic heterocycles. The molecule has 0 bridgehead atoms. The molecule has 0 saturated carbocycles. The first-order valence-corrected chi connectivity index (χ1v) is 4.54. The molecule has 7 N–H and O–H groups in total. The maximum atomic E-state index is 11.4. The van der Waals surface area contributed by atoms with E-state index < -0.39 is 23.9 Å². The number of hydrogen-bond donors (Lipinski definition) is 4. The number of carbonyl (C=O) groups is 2. The largest absolute Gasteiger partial charge is 0.481 e. The third-order valence-corrected chi connectivity index (χ3v) is 1.81. The molecule has 88 valence electrons. The summed E-state index contributed by atoms with van der Waals surface area (Å²) in [4.78, 5) is 21.9. The third kappa shape index (κ3) is 4.73. The van der Waals surface area contributed by atoms with Gasteiger partial charge in [0, 0.05) is 6.54 Å². The lowest BCUT2D eigenvalue weighted by molar-refractivity contribution is -0.154. The fraction of sp³-hybridized carbons (Fsp3) is 0.750. The van der Waals surface area contributed by atoms with Gasteiger partial charge in [0.05, 0.1) is 6.42 Å². The predicted octanol–water partition coefficient (Wildman–Crippen LogP) is -1.99. The van der Waals surface area contributed by atoms with Gasteiger partial charge in [-0.05, 0) is 13.0 Å². The van der Waals surface area contributed by atoms with Gasteiger partial charge in [0.2, 0.25) is 0 Å². The summed E-state index contributed by atoms with van der Waals surface area (Å²) in [5, 5.41) is 8.60. The smallest absolute Gasteiger partial charge is 0.326 e. The summed E-state index contributed by atoms with van der Waals surface area (Å²) in [5.74, 6) is -1.95. The van der Waals surface area contributed by atoms with Crippen molar-refractivity contribution in [3.63, 3.8) is 0 Å². The van der Waals surface area contributed by atoms with Gasteiger partial charge < -0.3 is 27.0 Å². The summed E-state index contributed by atoms with van der Waals surface area (Å²) in [6.45, 7) is 0.293. The van der Waals surface area contributed by atoms with E-state index in [2.05, 4.69) is 0 Å². The quantitative estimate of drug-likeness (QED) is 0.363. The number of rotatable bonds is 7. The van der Waals surface area contributed by atoms with Gasteiger partial charge in [-0.2, -0.15) is 0 Å². The fourth-order valence-electron chi connectivity index (χ4n) is 1.09. The zero-order chi connectivity index (χ0) is 11.9. The summed E-state index contributed by atoms with van der Waals surface area (Å²) in [6.07, 6.45) is -0.448. The summed E-state index contributed by atoms with van der Waals surface area (Å²) in [6, 6.07) is 0. The average Bonchev–Trinajstić information content (AvgIpc) is 2.13. The van der Waals surface area contributed by atoms with Gasteiger partial charge in [-0.1, -0.05) is 0 Å². The number of carboxylic acids is 1. The van der Waals surface area contributed by atoms with Crippen LogP contribution in [0, 0.1) is 0 Å². The van der Waals surface area contributed by atoms with Crippen LogP contribution >= 0.6 is 0 Å². The lowest BCUT2D eigenvalue weighted by Gasteiger charge is -2.24. The molecule has 0 amide bonds. The van der Waals surface area contributed by atoms with E-state index in [1.165, 1.54) is 0 Å². The molecule has 0 aliphatic carbocycles. The average molecular weight is 219 g/mol. The maximum absolute atomic E-state index is 11.4. The highest BCUT2D eigenvalue weighted by Gasteiger charge is 2.37. The molecular formula is C8H17N3O4. The minimum absolute atomic E-state index is 0.0158. The van der Waals surface area contributed by atoms with Crippen LogP contribution in [-0.2, 0) is 14.3 Å². The van der Waals surface area contributed by atoms with E-state index in [4.69, 9.17) is 27.0 Å². The molecule has 0 spiro atoms. The summed E-state index contributed by atoms with van der Waals surface area (Å²) in [7, 11) is 0. The molecule has 15 heavy (non-hydrogen) atoms. The van der Waals surface area contributed by atoms with Crippen molar-refractivity contribution in [1.29, 1.82) is 0 Å². The predicted molar refractivity (Wildman–Crippen MR) is 52.9 cm³/mol. The molecule has 7 heteroatoms. The second kappa shape index (κ2) is 6.33. The van der Waals surface area contributed by atoms with Crippen LogP contribution in [0.4, 0.5) is 0 Å². The van der Waals surface area contributed by atoms with Crippen molar-refractivity contribution in [1.82, 2.24) is 0 Å². The molecule has 0 fully saturated rings. The minimum Gasteiger partial charge on any atom is -0.481 e. The maximum Gasteiger partial charge on any atom is 0.326 e. The summed E-state index contributed by atoms with van der Waals surface area (Å²) in [5.41, 5.74) is 14.4. The highest BCUT2D eigenvalue weighted by molar-refractivity contribution is 5.86. The van der Waals surface area contributed by atoms with E-state index in [-0.39, 0.29) is 26.1 Å². The Balaban J connectivity index is 4.46. The van der Waals surface area contributed by atoms with E-state index in [1.54, 1.807) is 0 Å². The van der Waals surface area contributed by atoms with Gasteiger partial charge in [-0.3, -0.25) is 9.59 Å². The van der Waals surface area contributed by atoms with E-state index >= 15 is 0 Å². The number of esters is 1. The van der Waals surface area contributed by atoms with Gasteiger partial charge in [-0.15, -0.1) is 0 Å². The molecule has 7 nitrogen and oxygen atoms in total. The van der Waals surface area contributed by atoms with Gasteiger partial charge in [0.15, 0.2) is 0 Å². The first-order valence-electron chi connectivity index (χ1n) is 4.54. The number of ether oxygens (including phenoxy) is 1. The molecule has 0 aromatic carbocycles. The van der Waals surface area contributed by atoms with Crippen molar-refractivity contribution in [2.75, 3.05) is 19.7 Å². The van der Waals surface area contributed by atoms with E-state index in [0.29, 0.717) is 0 Å². The SMILES string of the molecule is NCCOC(=O)C(N)(CCN)CC(=O)O. The Hall–Kier alpha value is -1.18. The molecular weight excluding hydrogens is 202 g/mol. The molecule has 1 unspecified atom stereocenters. The van der Waals surface area contributed by atoms with Crippen molar-refractivity contribution in [2.45, 2.75) is 18.4 Å². The van der Waals surface area contributed by atoms with Crippen LogP contribution in [0.25, 0.3) is 0 Å². The highest BCUT2D eigenvalue weighted by atomic mass is 16.5. The van der Waals surface area contributed by atoms with Crippen LogP contribution in [0.3, 0.4) is 0 Å². The number of carbonyl (C=O) groups excluding carboxylic acids is 1. The van der Waals surface area contributed by atoms with Gasteiger partial charge >= 0.3 is 11.9 Å². The minimum atomic E-state index is -1.56. The number of carboxylic acid groups (broad SMARTS) is 1. The van der Waals surface area contributed by atoms with Crippen LogP contribution in [-0.4, -0.2) is 42.3 Å². The van der Waals surface area contributed by atoms with Crippen LogP contribution in [0.1, 0.15) is 12.8 Å². The molecule has 1 atom stereocenters. The zero-order valence-electron chi connectivity index (χ0n) is 8.44. The van der Waals surface area contributed by atoms with E-state index in [9.17, 15) is 9.59 Å². The molecule has 0 radical (unpaired) electrons. The molecule has 0 aromatic rings. The van der Waals surface area contributed by atoms with E-state index in [0.717, 1.165) is 0 Å². The van der Waals surface area contributed by atoms with Crippen molar-refractivity contribution in [3.05, 3.63) is 0 Å². The van der Waals surface area contributed by atoms with Gasteiger partial charge in [0.25, 0.3) is 0 Å². The number of hydrogen-bond acceptors (Lipinski definition) is 6. The Kier molecular flexibility index (Phi) is 5.83. The molecule has 0 heterocycles. The molecule has 0 aliphatic rings. The molecule has 0 rings (SSSR count). The van der Waals surface area contributed by atoms with Gasteiger partial charge in [-0.25, -0.2) is 0 Å². The number of nitrogens with two attached hydrogens (primary N) is 3.